The van der Waals surface area contributed by atoms with E-state index >= 15 is 0 Å². The van der Waals surface area contributed by atoms with Gasteiger partial charge in [-0.15, -0.1) is 0 Å². The first-order chi connectivity index (χ1) is 9.22. The number of nitrogens with zero attached hydrogens (tertiary/aromatic N) is 3. The first-order valence-corrected chi connectivity index (χ1v) is 7.15. The van der Waals surface area contributed by atoms with Crippen LogP contribution in [0.25, 0.3) is 6.08 Å². The van der Waals surface area contributed by atoms with E-state index in [1.807, 2.05) is 36.4 Å². The van der Waals surface area contributed by atoms with E-state index in [1.54, 1.807) is 6.08 Å². The van der Waals surface area contributed by atoms with Gasteiger partial charge in [-0.3, -0.25) is 0 Å². The summed E-state index contributed by atoms with van der Waals surface area (Å²) in [4.78, 5) is 3.00. The fourth-order valence-electron chi connectivity index (χ4n) is 2.14. The molecule has 1 saturated heterocycles. The zero-order chi connectivity index (χ0) is 13.7. The molecular weight excluding hydrogens is 302 g/mol. The number of benzene rings is 1. The third-order valence-corrected chi connectivity index (χ3v) is 4.15. The molecule has 4 heteroatoms. The number of hydrogen-bond acceptors (Lipinski definition) is 3. The van der Waals surface area contributed by atoms with E-state index in [9.17, 15) is 0 Å². The van der Waals surface area contributed by atoms with Crippen molar-refractivity contribution in [2.45, 2.75) is 17.7 Å². The molecule has 1 aromatic rings. The van der Waals surface area contributed by atoms with Gasteiger partial charge in [-0.1, -0.05) is 28.1 Å². The Hall–Kier alpha value is -1.78. The van der Waals surface area contributed by atoms with E-state index < -0.39 is 0 Å². The molecule has 96 valence electrons. The van der Waals surface area contributed by atoms with Crippen LogP contribution in [0.1, 0.15) is 18.4 Å². The lowest BCUT2D eigenvalue weighted by molar-refractivity contribution is 0.597. The molecule has 0 unspecified atom stereocenters. The molecule has 0 bridgehead atoms. The fourth-order valence-corrected chi connectivity index (χ4v) is 2.55. The van der Waals surface area contributed by atoms with Crippen LogP contribution in [0.15, 0.2) is 29.8 Å². The van der Waals surface area contributed by atoms with Crippen molar-refractivity contribution >= 4 is 27.7 Å². The second-order valence-corrected chi connectivity index (χ2v) is 5.83. The van der Waals surface area contributed by atoms with Gasteiger partial charge in [0.2, 0.25) is 0 Å². The quantitative estimate of drug-likeness (QED) is 0.620. The van der Waals surface area contributed by atoms with E-state index in [0.29, 0.717) is 4.83 Å². The van der Waals surface area contributed by atoms with Crippen LogP contribution >= 0.6 is 15.9 Å². The summed E-state index contributed by atoms with van der Waals surface area (Å²) in [5.74, 6) is 0. The predicted molar refractivity (Wildman–Crippen MR) is 79.8 cm³/mol. The maximum atomic E-state index is 8.72. The smallest absolute Gasteiger partial charge is 0.130 e. The van der Waals surface area contributed by atoms with Gasteiger partial charge in [-0.05, 0) is 36.6 Å². The standard InChI is InChI=1S/C15H14BrN3/c16-14-5-7-19(8-6-14)15-3-1-12(2-4-15)9-13(10-17)11-18/h1-4,9,14H,5-8H2. The first-order valence-electron chi connectivity index (χ1n) is 6.24. The van der Waals surface area contributed by atoms with Crippen molar-refractivity contribution in [2.75, 3.05) is 18.0 Å². The average molecular weight is 316 g/mol. The number of nitriles is 2. The molecule has 0 N–H and O–H groups in total. The minimum absolute atomic E-state index is 0.132. The van der Waals surface area contributed by atoms with Crippen LogP contribution in [0, 0.1) is 22.7 Å². The number of anilines is 1. The molecule has 1 aromatic carbocycles. The molecule has 0 aromatic heterocycles. The van der Waals surface area contributed by atoms with Gasteiger partial charge < -0.3 is 4.90 Å². The molecule has 1 aliphatic heterocycles. The van der Waals surface area contributed by atoms with Gasteiger partial charge >= 0.3 is 0 Å². The molecule has 2 rings (SSSR count). The lowest BCUT2D eigenvalue weighted by Gasteiger charge is -2.31. The van der Waals surface area contributed by atoms with E-state index in [0.717, 1.165) is 31.5 Å². The summed E-state index contributed by atoms with van der Waals surface area (Å²) in [5, 5.41) is 17.4. The molecule has 0 spiro atoms. The van der Waals surface area contributed by atoms with Crippen LogP contribution in [0.3, 0.4) is 0 Å². The molecule has 3 nitrogen and oxygen atoms in total. The highest BCUT2D eigenvalue weighted by molar-refractivity contribution is 9.09. The largest absolute Gasteiger partial charge is 0.371 e. The molecule has 1 fully saturated rings. The number of hydrogen-bond donors (Lipinski definition) is 0. The number of piperidine rings is 1. The normalized spacial score (nSPS) is 15.4. The summed E-state index contributed by atoms with van der Waals surface area (Å²) in [6, 6.07) is 11.7. The van der Waals surface area contributed by atoms with Gasteiger partial charge in [0.25, 0.3) is 0 Å². The molecule has 0 saturated carbocycles. The first kappa shape index (κ1) is 13.6. The minimum atomic E-state index is 0.132. The second-order valence-electron chi connectivity index (χ2n) is 4.53. The van der Waals surface area contributed by atoms with Crippen molar-refractivity contribution in [3.05, 3.63) is 35.4 Å². The Balaban J connectivity index is 2.09. The zero-order valence-corrected chi connectivity index (χ0v) is 12.1. The Morgan fingerprint density at radius 2 is 1.74 bits per heavy atom. The van der Waals surface area contributed by atoms with Crippen molar-refractivity contribution in [2.24, 2.45) is 0 Å². The lowest BCUT2D eigenvalue weighted by atomic mass is 10.1. The Kier molecular flexibility index (Phi) is 4.60. The molecular formula is C15H14BrN3. The number of alkyl halides is 1. The summed E-state index contributed by atoms with van der Waals surface area (Å²) in [6.07, 6.45) is 3.93. The Morgan fingerprint density at radius 3 is 2.26 bits per heavy atom. The second kappa shape index (κ2) is 6.41. The van der Waals surface area contributed by atoms with Gasteiger partial charge in [-0.2, -0.15) is 10.5 Å². The van der Waals surface area contributed by atoms with Crippen molar-refractivity contribution < 1.29 is 0 Å². The van der Waals surface area contributed by atoms with E-state index in [2.05, 4.69) is 20.8 Å². The van der Waals surface area contributed by atoms with Gasteiger partial charge in [0.05, 0.1) is 0 Å². The average Bonchev–Trinajstić information content (AvgIpc) is 2.46. The van der Waals surface area contributed by atoms with Crippen LogP contribution in [-0.2, 0) is 0 Å². The monoisotopic (exact) mass is 315 g/mol. The summed E-state index contributed by atoms with van der Waals surface area (Å²) < 4.78 is 0. The summed E-state index contributed by atoms with van der Waals surface area (Å²) in [5.41, 5.74) is 2.22. The number of halogens is 1. The summed E-state index contributed by atoms with van der Waals surface area (Å²) in [6.45, 7) is 2.12. The maximum absolute atomic E-state index is 8.72. The van der Waals surface area contributed by atoms with Crippen LogP contribution in [-0.4, -0.2) is 17.9 Å². The van der Waals surface area contributed by atoms with E-state index in [4.69, 9.17) is 10.5 Å². The molecule has 1 heterocycles. The highest BCUT2D eigenvalue weighted by Gasteiger charge is 2.16. The fraction of sp³-hybridized carbons (Fsp3) is 0.333. The molecule has 1 aliphatic rings. The zero-order valence-electron chi connectivity index (χ0n) is 10.5. The van der Waals surface area contributed by atoms with Crippen molar-refractivity contribution in [3.63, 3.8) is 0 Å². The Labute approximate surface area is 121 Å². The number of rotatable bonds is 2. The van der Waals surface area contributed by atoms with Crippen LogP contribution in [0.4, 0.5) is 5.69 Å². The molecule has 0 atom stereocenters. The van der Waals surface area contributed by atoms with Gasteiger partial charge in [0, 0.05) is 23.6 Å². The Morgan fingerprint density at radius 1 is 1.16 bits per heavy atom. The lowest BCUT2D eigenvalue weighted by Crippen LogP contribution is -2.33. The highest BCUT2D eigenvalue weighted by Crippen LogP contribution is 2.24. The van der Waals surface area contributed by atoms with Crippen molar-refractivity contribution in [3.8, 4) is 12.1 Å². The molecule has 0 radical (unpaired) electrons. The third kappa shape index (κ3) is 3.59. The van der Waals surface area contributed by atoms with Gasteiger partial charge in [-0.25, -0.2) is 0 Å². The van der Waals surface area contributed by atoms with Crippen molar-refractivity contribution in [1.82, 2.24) is 0 Å². The molecule has 0 amide bonds. The van der Waals surface area contributed by atoms with Crippen LogP contribution in [0.5, 0.6) is 0 Å². The minimum Gasteiger partial charge on any atom is -0.371 e. The number of allylic oxidation sites excluding steroid dienone is 1. The highest BCUT2D eigenvalue weighted by atomic mass is 79.9. The topological polar surface area (TPSA) is 50.8 Å². The van der Waals surface area contributed by atoms with Crippen molar-refractivity contribution in [1.29, 1.82) is 10.5 Å². The van der Waals surface area contributed by atoms with Gasteiger partial charge in [0.15, 0.2) is 0 Å². The summed E-state index contributed by atoms with van der Waals surface area (Å²) >= 11 is 3.65. The van der Waals surface area contributed by atoms with E-state index in [1.165, 1.54) is 5.69 Å². The predicted octanol–water partition coefficient (Wildman–Crippen LogP) is 3.48. The van der Waals surface area contributed by atoms with Gasteiger partial charge in [0.1, 0.15) is 17.7 Å². The molecule has 0 aliphatic carbocycles. The summed E-state index contributed by atoms with van der Waals surface area (Å²) in [7, 11) is 0. The Bertz CT molecular complexity index is 524. The SMILES string of the molecule is N#CC(C#N)=Cc1ccc(N2CCC(Br)CC2)cc1. The molecule has 19 heavy (non-hydrogen) atoms. The van der Waals surface area contributed by atoms with Crippen LogP contribution < -0.4 is 4.90 Å². The van der Waals surface area contributed by atoms with Crippen LogP contribution in [0.2, 0.25) is 0 Å². The maximum Gasteiger partial charge on any atom is 0.130 e. The van der Waals surface area contributed by atoms with E-state index in [-0.39, 0.29) is 5.57 Å². The third-order valence-electron chi connectivity index (χ3n) is 3.23.